The minimum Gasteiger partial charge on any atom is -0.363 e. The van der Waals surface area contributed by atoms with Crippen molar-refractivity contribution in [2.75, 3.05) is 29.4 Å². The number of para-hydroxylation sites is 1. The number of fused-ring (bicyclic) bond motifs is 1. The molecule has 2 aromatic rings. The number of hydrogen-bond donors (Lipinski definition) is 0. The molecule has 2 aliphatic heterocycles. The van der Waals surface area contributed by atoms with Gasteiger partial charge in [-0.2, -0.15) is 5.26 Å². The number of benzene rings is 1. The Morgan fingerprint density at radius 1 is 1.21 bits per heavy atom. The predicted molar refractivity (Wildman–Crippen MR) is 89.2 cm³/mol. The Morgan fingerprint density at radius 3 is 2.88 bits per heavy atom. The van der Waals surface area contributed by atoms with Crippen LogP contribution >= 0.6 is 0 Å². The van der Waals surface area contributed by atoms with Crippen LogP contribution in [0.15, 0.2) is 36.8 Å². The van der Waals surface area contributed by atoms with E-state index in [-0.39, 0.29) is 11.9 Å². The maximum Gasteiger partial charge on any atom is 0.147 e. The highest BCUT2D eigenvalue weighted by atomic mass is 19.1. The lowest BCUT2D eigenvalue weighted by atomic mass is 9.92. The summed E-state index contributed by atoms with van der Waals surface area (Å²) in [6.45, 7) is 2.51. The summed E-state index contributed by atoms with van der Waals surface area (Å²) in [4.78, 5) is 12.8. The fourth-order valence-electron chi connectivity index (χ4n) is 3.98. The van der Waals surface area contributed by atoms with Crippen molar-refractivity contribution in [2.24, 2.45) is 5.92 Å². The van der Waals surface area contributed by atoms with Crippen LogP contribution in [0.2, 0.25) is 0 Å². The third-order valence-corrected chi connectivity index (χ3v) is 5.13. The van der Waals surface area contributed by atoms with Crippen molar-refractivity contribution < 1.29 is 4.39 Å². The molecule has 0 spiro atoms. The van der Waals surface area contributed by atoms with Gasteiger partial charge in [0.15, 0.2) is 0 Å². The Balaban J connectivity index is 1.64. The average molecular weight is 323 g/mol. The molecule has 0 bridgehead atoms. The number of nitrogens with zero attached hydrogens (tertiary/aromatic N) is 5. The standard InChI is InChI=1S/C18H18FN5/c19-15-3-1-2-14(10-20)18(15)24-9-5-13-4-8-23(12-16(13)24)17-11-21-6-7-22-17/h1-3,6-7,11,13,16H,4-5,8-9,12H2. The minimum absolute atomic E-state index is 0.199. The number of aromatic nitrogens is 2. The van der Waals surface area contributed by atoms with Gasteiger partial charge in [0.1, 0.15) is 17.7 Å². The Hall–Kier alpha value is -2.68. The molecular weight excluding hydrogens is 305 g/mol. The Bertz CT molecular complexity index is 773. The van der Waals surface area contributed by atoms with Crippen LogP contribution in [0.4, 0.5) is 15.9 Å². The topological polar surface area (TPSA) is 56.1 Å². The zero-order valence-corrected chi connectivity index (χ0v) is 13.3. The minimum atomic E-state index is -0.314. The summed E-state index contributed by atoms with van der Waals surface area (Å²) in [5.41, 5.74) is 0.862. The van der Waals surface area contributed by atoms with E-state index < -0.39 is 0 Å². The SMILES string of the molecule is N#Cc1cccc(F)c1N1CCC2CCN(c3cnccn3)CC21. The monoisotopic (exact) mass is 323 g/mol. The van der Waals surface area contributed by atoms with Crippen molar-refractivity contribution >= 4 is 11.5 Å². The molecule has 0 aliphatic carbocycles. The molecule has 4 rings (SSSR count). The van der Waals surface area contributed by atoms with Gasteiger partial charge in [0, 0.05) is 38.1 Å². The van der Waals surface area contributed by atoms with Gasteiger partial charge in [-0.05, 0) is 30.9 Å². The first-order chi connectivity index (χ1) is 11.8. The molecule has 24 heavy (non-hydrogen) atoms. The van der Waals surface area contributed by atoms with Gasteiger partial charge in [0.2, 0.25) is 0 Å². The van der Waals surface area contributed by atoms with Crippen LogP contribution in [-0.4, -0.2) is 35.6 Å². The highest BCUT2D eigenvalue weighted by Gasteiger charge is 2.40. The summed E-state index contributed by atoms with van der Waals surface area (Å²) in [5, 5.41) is 9.36. The molecule has 5 nitrogen and oxygen atoms in total. The Labute approximate surface area is 140 Å². The lowest BCUT2D eigenvalue weighted by Gasteiger charge is -2.40. The molecule has 2 saturated heterocycles. The lowest BCUT2D eigenvalue weighted by Crippen LogP contribution is -2.49. The largest absolute Gasteiger partial charge is 0.363 e. The van der Waals surface area contributed by atoms with E-state index in [4.69, 9.17) is 0 Å². The highest BCUT2D eigenvalue weighted by molar-refractivity contribution is 5.62. The van der Waals surface area contributed by atoms with Crippen molar-refractivity contribution in [1.29, 1.82) is 5.26 Å². The maximum absolute atomic E-state index is 14.4. The van der Waals surface area contributed by atoms with Gasteiger partial charge in [0.25, 0.3) is 0 Å². The van der Waals surface area contributed by atoms with Gasteiger partial charge in [-0.1, -0.05) is 6.07 Å². The lowest BCUT2D eigenvalue weighted by molar-refractivity contribution is 0.388. The van der Waals surface area contributed by atoms with Crippen LogP contribution in [0.3, 0.4) is 0 Å². The van der Waals surface area contributed by atoms with Gasteiger partial charge < -0.3 is 9.80 Å². The van der Waals surface area contributed by atoms with E-state index in [9.17, 15) is 9.65 Å². The van der Waals surface area contributed by atoms with Crippen LogP contribution < -0.4 is 9.80 Å². The number of piperidine rings is 1. The third kappa shape index (κ3) is 2.46. The van der Waals surface area contributed by atoms with E-state index in [0.29, 0.717) is 17.2 Å². The van der Waals surface area contributed by atoms with Crippen LogP contribution in [0.5, 0.6) is 0 Å². The summed E-state index contributed by atoms with van der Waals surface area (Å²) in [7, 11) is 0. The van der Waals surface area contributed by atoms with Crippen molar-refractivity contribution in [3.8, 4) is 6.07 Å². The van der Waals surface area contributed by atoms with Gasteiger partial charge in [-0.15, -0.1) is 0 Å². The first-order valence-electron chi connectivity index (χ1n) is 8.24. The van der Waals surface area contributed by atoms with Crippen LogP contribution in [0.25, 0.3) is 0 Å². The first kappa shape index (κ1) is 14.9. The molecule has 1 aromatic carbocycles. The molecule has 2 fully saturated rings. The fourth-order valence-corrected chi connectivity index (χ4v) is 3.98. The second-order valence-electron chi connectivity index (χ2n) is 6.36. The molecule has 2 aliphatic rings. The Kier molecular flexibility index (Phi) is 3.77. The summed E-state index contributed by atoms with van der Waals surface area (Å²) < 4.78 is 14.4. The van der Waals surface area contributed by atoms with Crippen LogP contribution in [0.1, 0.15) is 18.4 Å². The van der Waals surface area contributed by atoms with Gasteiger partial charge >= 0.3 is 0 Å². The second kappa shape index (κ2) is 6.08. The van der Waals surface area contributed by atoms with Crippen LogP contribution in [-0.2, 0) is 0 Å². The van der Waals surface area contributed by atoms with Crippen molar-refractivity contribution in [3.63, 3.8) is 0 Å². The van der Waals surface area contributed by atoms with Crippen molar-refractivity contribution in [3.05, 3.63) is 48.2 Å². The summed E-state index contributed by atoms with van der Waals surface area (Å²) >= 11 is 0. The molecule has 2 atom stereocenters. The van der Waals surface area contributed by atoms with Crippen molar-refractivity contribution in [2.45, 2.75) is 18.9 Å². The molecular formula is C18H18FN5. The van der Waals surface area contributed by atoms with Crippen molar-refractivity contribution in [1.82, 2.24) is 9.97 Å². The summed E-state index contributed by atoms with van der Waals surface area (Å²) in [6, 6.07) is 7.05. The van der Waals surface area contributed by atoms with E-state index in [1.165, 1.54) is 6.07 Å². The molecule has 1 aromatic heterocycles. The molecule has 6 heteroatoms. The summed E-state index contributed by atoms with van der Waals surface area (Å²) in [6.07, 6.45) is 7.21. The van der Waals surface area contributed by atoms with E-state index in [1.54, 1.807) is 30.7 Å². The van der Waals surface area contributed by atoms with E-state index >= 15 is 0 Å². The van der Waals surface area contributed by atoms with E-state index in [0.717, 1.165) is 38.3 Å². The fraction of sp³-hybridized carbons (Fsp3) is 0.389. The Morgan fingerprint density at radius 2 is 2.08 bits per heavy atom. The number of hydrogen-bond acceptors (Lipinski definition) is 5. The maximum atomic E-state index is 14.4. The molecule has 0 N–H and O–H groups in total. The van der Waals surface area contributed by atoms with Gasteiger partial charge in [-0.25, -0.2) is 9.37 Å². The molecule has 0 saturated carbocycles. The normalized spacial score (nSPS) is 23.0. The molecule has 122 valence electrons. The number of rotatable bonds is 2. The summed E-state index contributed by atoms with van der Waals surface area (Å²) in [5.74, 6) is 1.08. The highest BCUT2D eigenvalue weighted by Crippen LogP contribution is 2.38. The van der Waals surface area contributed by atoms with E-state index in [1.807, 2.05) is 0 Å². The number of nitriles is 1. The molecule has 0 radical (unpaired) electrons. The number of anilines is 2. The van der Waals surface area contributed by atoms with Crippen LogP contribution in [0, 0.1) is 23.1 Å². The molecule has 0 amide bonds. The zero-order valence-electron chi connectivity index (χ0n) is 13.3. The molecule has 3 heterocycles. The van der Waals surface area contributed by atoms with Gasteiger partial charge in [-0.3, -0.25) is 4.98 Å². The third-order valence-electron chi connectivity index (χ3n) is 5.13. The smallest absolute Gasteiger partial charge is 0.147 e. The quantitative estimate of drug-likeness (QED) is 0.850. The predicted octanol–water partition coefficient (Wildman–Crippen LogP) is 2.59. The first-order valence-corrected chi connectivity index (χ1v) is 8.24. The molecule has 2 unspecified atom stereocenters. The number of halogens is 1. The average Bonchev–Trinajstić information content (AvgIpc) is 3.05. The zero-order chi connectivity index (χ0) is 16.5. The van der Waals surface area contributed by atoms with Gasteiger partial charge in [0.05, 0.1) is 17.4 Å². The second-order valence-corrected chi connectivity index (χ2v) is 6.36. The van der Waals surface area contributed by atoms with E-state index in [2.05, 4.69) is 25.8 Å².